The SMILES string of the molecule is CC(C)(C)OC(=O)Nc1ccc(NC(=O)N2CCCCC2)cc1. The zero-order chi connectivity index (χ0) is 16.9. The van der Waals surface area contributed by atoms with E-state index >= 15 is 0 Å². The first-order valence-corrected chi connectivity index (χ1v) is 7.99. The number of nitrogens with zero attached hydrogens (tertiary/aromatic N) is 1. The van der Waals surface area contributed by atoms with Crippen LogP contribution in [-0.2, 0) is 4.74 Å². The molecular weight excluding hydrogens is 294 g/mol. The average molecular weight is 319 g/mol. The second-order valence-corrected chi connectivity index (χ2v) is 6.68. The molecule has 3 amide bonds. The van der Waals surface area contributed by atoms with Gasteiger partial charge in [0.2, 0.25) is 0 Å². The molecule has 1 aliphatic rings. The van der Waals surface area contributed by atoms with Crippen molar-refractivity contribution in [3.63, 3.8) is 0 Å². The summed E-state index contributed by atoms with van der Waals surface area (Å²) in [6, 6.07) is 6.91. The zero-order valence-corrected chi connectivity index (χ0v) is 14.0. The Labute approximate surface area is 137 Å². The van der Waals surface area contributed by atoms with Gasteiger partial charge in [0, 0.05) is 24.5 Å². The Balaban J connectivity index is 1.86. The molecule has 1 aromatic rings. The predicted octanol–water partition coefficient (Wildman–Crippen LogP) is 4.05. The number of likely N-dealkylation sites (tertiary alicyclic amines) is 1. The standard InChI is InChI=1S/C17H25N3O3/c1-17(2,3)23-16(22)19-14-9-7-13(8-10-14)18-15(21)20-11-5-4-6-12-20/h7-10H,4-6,11-12H2,1-3H3,(H,18,21)(H,19,22). The van der Waals surface area contributed by atoms with Gasteiger partial charge < -0.3 is 15.0 Å². The molecular formula is C17H25N3O3. The molecule has 2 N–H and O–H groups in total. The fraction of sp³-hybridized carbons (Fsp3) is 0.529. The topological polar surface area (TPSA) is 70.7 Å². The van der Waals surface area contributed by atoms with Crippen molar-refractivity contribution >= 4 is 23.5 Å². The maximum absolute atomic E-state index is 12.1. The molecule has 0 bridgehead atoms. The Kier molecular flexibility index (Phi) is 5.47. The van der Waals surface area contributed by atoms with Crippen LogP contribution in [0.25, 0.3) is 0 Å². The maximum Gasteiger partial charge on any atom is 0.412 e. The Morgan fingerprint density at radius 1 is 0.957 bits per heavy atom. The lowest BCUT2D eigenvalue weighted by Gasteiger charge is -2.26. The summed E-state index contributed by atoms with van der Waals surface area (Å²) in [5.41, 5.74) is 0.789. The van der Waals surface area contributed by atoms with Gasteiger partial charge in [-0.15, -0.1) is 0 Å². The summed E-state index contributed by atoms with van der Waals surface area (Å²) in [6.07, 6.45) is 2.82. The van der Waals surface area contributed by atoms with E-state index < -0.39 is 11.7 Å². The molecule has 0 unspecified atom stereocenters. The number of piperidine rings is 1. The first-order chi connectivity index (χ1) is 10.8. The number of urea groups is 1. The predicted molar refractivity (Wildman–Crippen MR) is 90.7 cm³/mol. The van der Waals surface area contributed by atoms with Gasteiger partial charge in [0.05, 0.1) is 0 Å². The number of rotatable bonds is 2. The van der Waals surface area contributed by atoms with Crippen LogP contribution in [0.3, 0.4) is 0 Å². The van der Waals surface area contributed by atoms with Crippen LogP contribution in [0, 0.1) is 0 Å². The van der Waals surface area contributed by atoms with E-state index in [0.717, 1.165) is 25.9 Å². The normalized spacial score (nSPS) is 15.0. The van der Waals surface area contributed by atoms with Crippen LogP contribution in [0.2, 0.25) is 0 Å². The van der Waals surface area contributed by atoms with Crippen molar-refractivity contribution in [2.24, 2.45) is 0 Å². The van der Waals surface area contributed by atoms with Gasteiger partial charge in [0.1, 0.15) is 5.60 Å². The van der Waals surface area contributed by atoms with Gasteiger partial charge in [-0.05, 0) is 64.3 Å². The minimum Gasteiger partial charge on any atom is -0.444 e. The van der Waals surface area contributed by atoms with E-state index in [1.54, 1.807) is 24.3 Å². The number of benzene rings is 1. The van der Waals surface area contributed by atoms with E-state index in [9.17, 15) is 9.59 Å². The zero-order valence-electron chi connectivity index (χ0n) is 14.0. The number of carbonyl (C=O) groups is 2. The molecule has 1 fully saturated rings. The van der Waals surface area contributed by atoms with Gasteiger partial charge in [0.15, 0.2) is 0 Å². The lowest BCUT2D eigenvalue weighted by Crippen LogP contribution is -2.38. The third kappa shape index (κ3) is 5.81. The van der Waals surface area contributed by atoms with Crippen molar-refractivity contribution in [1.82, 2.24) is 4.90 Å². The van der Waals surface area contributed by atoms with Crippen molar-refractivity contribution in [2.45, 2.75) is 45.6 Å². The van der Waals surface area contributed by atoms with Crippen molar-refractivity contribution in [3.8, 4) is 0 Å². The molecule has 1 aliphatic heterocycles. The second-order valence-electron chi connectivity index (χ2n) is 6.68. The largest absolute Gasteiger partial charge is 0.444 e. The summed E-state index contributed by atoms with van der Waals surface area (Å²) in [6.45, 7) is 7.05. The third-order valence-electron chi connectivity index (χ3n) is 3.42. The van der Waals surface area contributed by atoms with Crippen LogP contribution in [0.4, 0.5) is 21.0 Å². The number of amides is 3. The molecule has 126 valence electrons. The summed E-state index contributed by atoms with van der Waals surface area (Å²) in [5, 5.41) is 5.53. The molecule has 6 heteroatoms. The van der Waals surface area contributed by atoms with Crippen LogP contribution in [0.15, 0.2) is 24.3 Å². The molecule has 0 saturated carbocycles. The number of hydrogen-bond acceptors (Lipinski definition) is 3. The molecule has 0 radical (unpaired) electrons. The monoisotopic (exact) mass is 319 g/mol. The van der Waals surface area contributed by atoms with Crippen LogP contribution in [-0.4, -0.2) is 35.7 Å². The summed E-state index contributed by atoms with van der Waals surface area (Å²) in [5.74, 6) is 0. The summed E-state index contributed by atoms with van der Waals surface area (Å²) >= 11 is 0. The van der Waals surface area contributed by atoms with Crippen LogP contribution in [0.1, 0.15) is 40.0 Å². The van der Waals surface area contributed by atoms with Crippen LogP contribution < -0.4 is 10.6 Å². The van der Waals surface area contributed by atoms with E-state index in [0.29, 0.717) is 11.4 Å². The van der Waals surface area contributed by atoms with Crippen molar-refractivity contribution < 1.29 is 14.3 Å². The first-order valence-electron chi connectivity index (χ1n) is 7.99. The van der Waals surface area contributed by atoms with E-state index in [1.807, 2.05) is 25.7 Å². The van der Waals surface area contributed by atoms with Gasteiger partial charge in [-0.25, -0.2) is 9.59 Å². The molecule has 0 spiro atoms. The Morgan fingerprint density at radius 3 is 2.00 bits per heavy atom. The fourth-order valence-corrected chi connectivity index (χ4v) is 2.36. The molecule has 0 aliphatic carbocycles. The van der Waals surface area contributed by atoms with Gasteiger partial charge >= 0.3 is 12.1 Å². The second kappa shape index (κ2) is 7.35. The molecule has 0 aromatic heterocycles. The fourth-order valence-electron chi connectivity index (χ4n) is 2.36. The lowest BCUT2D eigenvalue weighted by atomic mass is 10.1. The molecule has 1 saturated heterocycles. The minimum atomic E-state index is -0.535. The van der Waals surface area contributed by atoms with E-state index in [-0.39, 0.29) is 6.03 Å². The smallest absolute Gasteiger partial charge is 0.412 e. The lowest BCUT2D eigenvalue weighted by molar-refractivity contribution is 0.0636. The van der Waals surface area contributed by atoms with E-state index in [1.165, 1.54) is 6.42 Å². The van der Waals surface area contributed by atoms with Gasteiger partial charge in [-0.2, -0.15) is 0 Å². The summed E-state index contributed by atoms with van der Waals surface area (Å²) < 4.78 is 5.19. The van der Waals surface area contributed by atoms with Crippen LogP contribution >= 0.6 is 0 Å². The average Bonchev–Trinajstić information content (AvgIpc) is 2.48. The third-order valence-corrected chi connectivity index (χ3v) is 3.42. The highest BCUT2D eigenvalue weighted by Gasteiger charge is 2.17. The van der Waals surface area contributed by atoms with E-state index in [4.69, 9.17) is 4.74 Å². The highest BCUT2D eigenvalue weighted by molar-refractivity contribution is 5.90. The Morgan fingerprint density at radius 2 is 1.48 bits per heavy atom. The maximum atomic E-state index is 12.1. The molecule has 6 nitrogen and oxygen atoms in total. The Hall–Kier alpha value is -2.24. The van der Waals surface area contributed by atoms with Crippen LogP contribution in [0.5, 0.6) is 0 Å². The number of nitrogens with one attached hydrogen (secondary N) is 2. The number of carbonyl (C=O) groups excluding carboxylic acids is 2. The molecule has 1 heterocycles. The molecule has 0 atom stereocenters. The van der Waals surface area contributed by atoms with Gasteiger partial charge in [-0.1, -0.05) is 0 Å². The van der Waals surface area contributed by atoms with Crippen molar-refractivity contribution in [1.29, 1.82) is 0 Å². The highest BCUT2D eigenvalue weighted by Crippen LogP contribution is 2.17. The summed E-state index contributed by atoms with van der Waals surface area (Å²) in [7, 11) is 0. The number of anilines is 2. The van der Waals surface area contributed by atoms with Crippen molar-refractivity contribution in [2.75, 3.05) is 23.7 Å². The molecule has 1 aromatic carbocycles. The Bertz CT molecular complexity index is 543. The highest BCUT2D eigenvalue weighted by atomic mass is 16.6. The number of ether oxygens (including phenoxy) is 1. The van der Waals surface area contributed by atoms with Crippen molar-refractivity contribution in [3.05, 3.63) is 24.3 Å². The van der Waals surface area contributed by atoms with E-state index in [2.05, 4.69) is 10.6 Å². The minimum absolute atomic E-state index is 0.0717. The van der Waals surface area contributed by atoms with Gasteiger partial charge in [-0.3, -0.25) is 5.32 Å². The quantitative estimate of drug-likeness (QED) is 0.864. The number of hydrogen-bond donors (Lipinski definition) is 2. The summed E-state index contributed by atoms with van der Waals surface area (Å²) in [4.78, 5) is 25.6. The van der Waals surface area contributed by atoms with Gasteiger partial charge in [0.25, 0.3) is 0 Å². The molecule has 23 heavy (non-hydrogen) atoms. The first kappa shape index (κ1) is 17.1. The molecule has 2 rings (SSSR count).